The summed E-state index contributed by atoms with van der Waals surface area (Å²) in [5.41, 5.74) is 1.44. The van der Waals surface area contributed by atoms with E-state index in [1.54, 1.807) is 0 Å². The largest absolute Gasteiger partial charge is 0.353 e. The standard InChI is InChI=1S/C25H33N3O/c29-25(26-22-10-11-22)21-8-4-14-28(18-21)23-12-15-27(16-13-23)17-20-7-3-6-19-5-1-2-9-24(19)20/h1-3,5-7,9,21-23H,4,8,10-18H2,(H,26,29)/t21-/m1/s1. The van der Waals surface area contributed by atoms with Gasteiger partial charge in [0.15, 0.2) is 0 Å². The molecule has 1 saturated carbocycles. The van der Waals surface area contributed by atoms with Crippen LogP contribution in [0.2, 0.25) is 0 Å². The first-order chi connectivity index (χ1) is 14.3. The van der Waals surface area contributed by atoms with Crippen LogP contribution in [0.15, 0.2) is 42.5 Å². The molecule has 0 bridgehead atoms. The van der Waals surface area contributed by atoms with Crippen molar-refractivity contribution in [2.75, 3.05) is 26.2 Å². The van der Waals surface area contributed by atoms with Gasteiger partial charge in [-0.05, 0) is 74.5 Å². The van der Waals surface area contributed by atoms with Crippen LogP contribution in [-0.4, -0.2) is 54.0 Å². The summed E-state index contributed by atoms with van der Waals surface area (Å²) in [6.45, 7) is 5.49. The van der Waals surface area contributed by atoms with Gasteiger partial charge in [0.2, 0.25) is 5.91 Å². The first-order valence-electron chi connectivity index (χ1n) is 11.5. The minimum atomic E-state index is 0.207. The van der Waals surface area contributed by atoms with Crippen LogP contribution in [0.3, 0.4) is 0 Å². The molecule has 1 aliphatic carbocycles. The molecule has 1 atom stereocenters. The van der Waals surface area contributed by atoms with E-state index in [0.717, 1.165) is 32.6 Å². The summed E-state index contributed by atoms with van der Waals surface area (Å²) in [5, 5.41) is 5.95. The third kappa shape index (κ3) is 4.49. The third-order valence-electron chi connectivity index (χ3n) is 7.09. The van der Waals surface area contributed by atoms with Crippen molar-refractivity contribution in [3.8, 4) is 0 Å². The van der Waals surface area contributed by atoms with E-state index in [4.69, 9.17) is 0 Å². The van der Waals surface area contributed by atoms with Crippen molar-refractivity contribution in [2.45, 2.75) is 57.2 Å². The number of carbonyl (C=O) groups excluding carboxylic acids is 1. The van der Waals surface area contributed by atoms with Crippen LogP contribution >= 0.6 is 0 Å². The van der Waals surface area contributed by atoms with E-state index in [1.807, 2.05) is 0 Å². The van der Waals surface area contributed by atoms with Gasteiger partial charge in [0.25, 0.3) is 0 Å². The van der Waals surface area contributed by atoms with Gasteiger partial charge in [-0.1, -0.05) is 42.5 Å². The highest BCUT2D eigenvalue weighted by atomic mass is 16.2. The highest BCUT2D eigenvalue weighted by Gasteiger charge is 2.33. The van der Waals surface area contributed by atoms with E-state index in [1.165, 1.54) is 55.0 Å². The molecule has 4 nitrogen and oxygen atoms in total. The van der Waals surface area contributed by atoms with E-state index in [-0.39, 0.29) is 5.92 Å². The number of likely N-dealkylation sites (tertiary alicyclic amines) is 2. The maximum atomic E-state index is 12.5. The SMILES string of the molecule is O=C(NC1CC1)[C@@H]1CCCN(C2CCN(Cc3cccc4ccccc34)CC2)C1. The van der Waals surface area contributed by atoms with Crippen LogP contribution in [-0.2, 0) is 11.3 Å². The van der Waals surface area contributed by atoms with E-state index in [2.05, 4.69) is 57.6 Å². The quantitative estimate of drug-likeness (QED) is 0.842. The van der Waals surface area contributed by atoms with Crippen molar-refractivity contribution in [1.82, 2.24) is 15.1 Å². The Morgan fingerprint density at radius 1 is 0.931 bits per heavy atom. The van der Waals surface area contributed by atoms with E-state index >= 15 is 0 Å². The Labute approximate surface area is 174 Å². The number of hydrogen-bond donors (Lipinski definition) is 1. The van der Waals surface area contributed by atoms with Crippen molar-refractivity contribution >= 4 is 16.7 Å². The molecule has 0 aromatic heterocycles. The van der Waals surface area contributed by atoms with Crippen molar-refractivity contribution in [2.24, 2.45) is 5.92 Å². The fourth-order valence-corrected chi connectivity index (χ4v) is 5.21. The number of piperidine rings is 2. The predicted molar refractivity (Wildman–Crippen MR) is 118 cm³/mol. The molecular formula is C25H33N3O. The average molecular weight is 392 g/mol. The molecule has 29 heavy (non-hydrogen) atoms. The van der Waals surface area contributed by atoms with Gasteiger partial charge in [-0.15, -0.1) is 0 Å². The van der Waals surface area contributed by atoms with Gasteiger partial charge in [0, 0.05) is 25.2 Å². The second-order valence-electron chi connectivity index (χ2n) is 9.26. The zero-order valence-electron chi connectivity index (χ0n) is 17.4. The Balaban J connectivity index is 1.15. The topological polar surface area (TPSA) is 35.6 Å². The number of hydrogen-bond acceptors (Lipinski definition) is 3. The molecule has 2 aromatic carbocycles. The second kappa shape index (κ2) is 8.45. The predicted octanol–water partition coefficient (Wildman–Crippen LogP) is 3.79. The fourth-order valence-electron chi connectivity index (χ4n) is 5.21. The molecule has 1 N–H and O–H groups in total. The van der Waals surface area contributed by atoms with Crippen LogP contribution in [0, 0.1) is 5.92 Å². The molecule has 3 fully saturated rings. The fraction of sp³-hybridized carbons (Fsp3) is 0.560. The number of benzene rings is 2. The maximum absolute atomic E-state index is 12.5. The van der Waals surface area contributed by atoms with Crippen LogP contribution < -0.4 is 5.32 Å². The number of fused-ring (bicyclic) bond motifs is 1. The highest BCUT2D eigenvalue weighted by Crippen LogP contribution is 2.27. The zero-order valence-corrected chi connectivity index (χ0v) is 17.4. The first kappa shape index (κ1) is 19.1. The first-order valence-corrected chi connectivity index (χ1v) is 11.5. The molecule has 3 aliphatic rings. The highest BCUT2D eigenvalue weighted by molar-refractivity contribution is 5.85. The minimum Gasteiger partial charge on any atom is -0.353 e. The van der Waals surface area contributed by atoms with E-state index < -0.39 is 0 Å². The van der Waals surface area contributed by atoms with Gasteiger partial charge in [0.05, 0.1) is 5.92 Å². The minimum absolute atomic E-state index is 0.207. The summed E-state index contributed by atoms with van der Waals surface area (Å²) < 4.78 is 0. The maximum Gasteiger partial charge on any atom is 0.224 e. The molecule has 2 saturated heterocycles. The Hall–Kier alpha value is -1.91. The molecule has 4 heteroatoms. The summed E-state index contributed by atoms with van der Waals surface area (Å²) in [6, 6.07) is 16.5. The van der Waals surface area contributed by atoms with Crippen molar-refractivity contribution in [3.63, 3.8) is 0 Å². The lowest BCUT2D eigenvalue weighted by Gasteiger charge is -2.42. The molecule has 2 heterocycles. The Morgan fingerprint density at radius 3 is 2.55 bits per heavy atom. The molecule has 0 radical (unpaired) electrons. The summed E-state index contributed by atoms with van der Waals surface area (Å²) in [4.78, 5) is 17.7. The smallest absolute Gasteiger partial charge is 0.224 e. The molecular weight excluding hydrogens is 358 g/mol. The number of rotatable bonds is 5. The van der Waals surface area contributed by atoms with Gasteiger partial charge in [0.1, 0.15) is 0 Å². The van der Waals surface area contributed by atoms with Crippen LogP contribution in [0.1, 0.15) is 44.1 Å². The molecule has 1 amide bonds. The summed E-state index contributed by atoms with van der Waals surface area (Å²) in [6.07, 6.45) is 7.03. The van der Waals surface area contributed by atoms with Crippen LogP contribution in [0.4, 0.5) is 0 Å². The summed E-state index contributed by atoms with van der Waals surface area (Å²) in [7, 11) is 0. The summed E-state index contributed by atoms with van der Waals surface area (Å²) in [5.74, 6) is 0.517. The summed E-state index contributed by atoms with van der Waals surface area (Å²) >= 11 is 0. The van der Waals surface area contributed by atoms with Gasteiger partial charge >= 0.3 is 0 Å². The molecule has 2 aromatic rings. The molecule has 0 unspecified atom stereocenters. The van der Waals surface area contributed by atoms with Crippen LogP contribution in [0.25, 0.3) is 10.8 Å². The van der Waals surface area contributed by atoms with E-state index in [9.17, 15) is 4.79 Å². The number of nitrogens with zero attached hydrogens (tertiary/aromatic N) is 2. The Bertz CT molecular complexity index is 849. The zero-order chi connectivity index (χ0) is 19.6. The van der Waals surface area contributed by atoms with Crippen LogP contribution in [0.5, 0.6) is 0 Å². The third-order valence-corrected chi connectivity index (χ3v) is 7.09. The second-order valence-corrected chi connectivity index (χ2v) is 9.26. The van der Waals surface area contributed by atoms with Gasteiger partial charge in [-0.3, -0.25) is 14.6 Å². The lowest BCUT2D eigenvalue weighted by atomic mass is 9.93. The number of nitrogens with one attached hydrogen (secondary N) is 1. The lowest BCUT2D eigenvalue weighted by molar-refractivity contribution is -0.127. The van der Waals surface area contributed by atoms with Crippen molar-refractivity contribution < 1.29 is 4.79 Å². The number of amides is 1. The molecule has 5 rings (SSSR count). The van der Waals surface area contributed by atoms with E-state index in [0.29, 0.717) is 18.0 Å². The van der Waals surface area contributed by atoms with Crippen molar-refractivity contribution in [1.29, 1.82) is 0 Å². The Morgan fingerprint density at radius 2 is 1.72 bits per heavy atom. The van der Waals surface area contributed by atoms with Gasteiger partial charge in [-0.2, -0.15) is 0 Å². The monoisotopic (exact) mass is 391 g/mol. The normalized spacial score (nSPS) is 24.6. The molecule has 2 aliphatic heterocycles. The Kier molecular flexibility index (Phi) is 5.56. The van der Waals surface area contributed by atoms with Gasteiger partial charge in [-0.25, -0.2) is 0 Å². The average Bonchev–Trinajstić information content (AvgIpc) is 3.59. The molecule has 154 valence electrons. The lowest BCUT2D eigenvalue weighted by Crippen LogP contribution is -2.50. The number of carbonyl (C=O) groups is 1. The molecule has 0 spiro atoms. The van der Waals surface area contributed by atoms with Gasteiger partial charge < -0.3 is 5.32 Å². The van der Waals surface area contributed by atoms with Crippen molar-refractivity contribution in [3.05, 3.63) is 48.0 Å².